The number of anilines is 1. The van der Waals surface area contributed by atoms with Crippen LogP contribution in [0.25, 0.3) is 16.6 Å². The summed E-state index contributed by atoms with van der Waals surface area (Å²) in [6.07, 6.45) is 3.34. The van der Waals surface area contributed by atoms with Crippen molar-refractivity contribution in [1.29, 1.82) is 0 Å². The van der Waals surface area contributed by atoms with Gasteiger partial charge < -0.3 is 0 Å². The molecule has 0 aliphatic heterocycles. The number of rotatable bonds is 6. The Hall–Kier alpha value is -2.86. The molecule has 4 nitrogen and oxygen atoms in total. The Morgan fingerprint density at radius 3 is 2.48 bits per heavy atom. The van der Waals surface area contributed by atoms with Crippen molar-refractivity contribution >= 4 is 28.5 Å². The van der Waals surface area contributed by atoms with Crippen LogP contribution in [0.5, 0.6) is 0 Å². The molecule has 0 bridgehead atoms. The van der Waals surface area contributed by atoms with Crippen LogP contribution in [0.3, 0.4) is 0 Å². The number of carbonyl (C=O) groups is 1. The molecule has 0 aliphatic rings. The summed E-state index contributed by atoms with van der Waals surface area (Å²) in [5.41, 5.74) is 1.73. The first kappa shape index (κ1) is 18.9. The van der Waals surface area contributed by atoms with Gasteiger partial charge in [0.1, 0.15) is 10.8 Å². The van der Waals surface area contributed by atoms with Gasteiger partial charge in [-0.3, -0.25) is 9.69 Å². The number of hydrogen-bond acceptors (Lipinski definition) is 4. The number of halogens is 1. The van der Waals surface area contributed by atoms with Crippen LogP contribution in [0.2, 0.25) is 0 Å². The topological polar surface area (TPSA) is 46.1 Å². The van der Waals surface area contributed by atoms with Crippen molar-refractivity contribution in [2.75, 3.05) is 11.4 Å². The first-order valence-electron chi connectivity index (χ1n) is 8.67. The number of hydrogen-bond donors (Lipinski definition) is 0. The second-order valence-corrected chi connectivity index (χ2v) is 7.44. The molecule has 0 radical (unpaired) electrons. The van der Waals surface area contributed by atoms with Crippen molar-refractivity contribution in [3.63, 3.8) is 0 Å². The van der Waals surface area contributed by atoms with E-state index in [1.165, 1.54) is 23.5 Å². The van der Waals surface area contributed by atoms with Gasteiger partial charge in [0.15, 0.2) is 0 Å². The maximum Gasteiger partial charge on any atom is 0.252 e. The molecular weight excluding hydrogens is 361 g/mol. The van der Waals surface area contributed by atoms with Gasteiger partial charge >= 0.3 is 0 Å². The van der Waals surface area contributed by atoms with Crippen LogP contribution in [0.4, 0.5) is 9.52 Å². The lowest BCUT2D eigenvalue weighted by Crippen LogP contribution is -2.32. The van der Waals surface area contributed by atoms with Gasteiger partial charge in [0.05, 0.1) is 0 Å². The highest BCUT2D eigenvalue weighted by Gasteiger charge is 2.20. The van der Waals surface area contributed by atoms with Crippen LogP contribution in [-0.4, -0.2) is 22.6 Å². The van der Waals surface area contributed by atoms with E-state index < -0.39 is 0 Å². The monoisotopic (exact) mass is 381 g/mol. The molecule has 138 valence electrons. The average molecular weight is 381 g/mol. The fraction of sp³-hybridized carbons (Fsp3) is 0.190. The molecule has 6 heteroatoms. The van der Waals surface area contributed by atoms with Gasteiger partial charge in [-0.25, -0.2) is 4.39 Å². The molecule has 3 aromatic rings. The van der Waals surface area contributed by atoms with Crippen LogP contribution in [-0.2, 0) is 4.79 Å². The van der Waals surface area contributed by atoms with Crippen LogP contribution >= 0.6 is 11.3 Å². The maximum atomic E-state index is 13.1. The second-order valence-electron chi connectivity index (χ2n) is 6.48. The third-order valence-electron chi connectivity index (χ3n) is 3.77. The van der Waals surface area contributed by atoms with Crippen LogP contribution in [0, 0.1) is 11.7 Å². The molecule has 0 saturated heterocycles. The normalized spacial score (nSPS) is 11.3. The Labute approximate surface area is 162 Å². The molecule has 0 N–H and O–H groups in total. The van der Waals surface area contributed by atoms with E-state index in [1.807, 2.05) is 44.2 Å². The molecule has 1 amide bonds. The smallest absolute Gasteiger partial charge is 0.252 e. The molecule has 1 aromatic heterocycles. The van der Waals surface area contributed by atoms with E-state index in [4.69, 9.17) is 0 Å². The van der Waals surface area contributed by atoms with Crippen molar-refractivity contribution in [3.05, 3.63) is 72.1 Å². The lowest BCUT2D eigenvalue weighted by Gasteiger charge is -2.19. The minimum Gasteiger partial charge on any atom is -0.283 e. The number of carbonyl (C=O) groups excluding carboxylic acids is 1. The molecule has 27 heavy (non-hydrogen) atoms. The molecule has 2 aromatic carbocycles. The third-order valence-corrected chi connectivity index (χ3v) is 4.76. The second kappa shape index (κ2) is 8.68. The minimum atomic E-state index is -0.300. The molecule has 0 unspecified atom stereocenters. The molecular formula is C21H20FN3OS. The Morgan fingerprint density at radius 1 is 1.11 bits per heavy atom. The van der Waals surface area contributed by atoms with Gasteiger partial charge in [-0.05, 0) is 41.8 Å². The maximum absolute atomic E-state index is 13.1. The number of amides is 1. The summed E-state index contributed by atoms with van der Waals surface area (Å²) in [4.78, 5) is 14.4. The molecule has 1 heterocycles. The predicted molar refractivity (Wildman–Crippen MR) is 108 cm³/mol. The quantitative estimate of drug-likeness (QED) is 0.562. The molecule has 0 saturated carbocycles. The van der Waals surface area contributed by atoms with Crippen molar-refractivity contribution in [3.8, 4) is 10.6 Å². The van der Waals surface area contributed by atoms with Crippen LogP contribution in [0.1, 0.15) is 19.4 Å². The highest BCUT2D eigenvalue weighted by atomic mass is 32.1. The Kier molecular flexibility index (Phi) is 6.08. The van der Waals surface area contributed by atoms with Crippen molar-refractivity contribution < 1.29 is 9.18 Å². The molecule has 0 aliphatic carbocycles. The van der Waals surface area contributed by atoms with E-state index in [-0.39, 0.29) is 17.6 Å². The lowest BCUT2D eigenvalue weighted by molar-refractivity contribution is -0.114. The summed E-state index contributed by atoms with van der Waals surface area (Å²) in [5, 5.41) is 9.55. The van der Waals surface area contributed by atoms with Gasteiger partial charge in [0.25, 0.3) is 5.91 Å². The average Bonchev–Trinajstić information content (AvgIpc) is 3.15. The van der Waals surface area contributed by atoms with E-state index in [9.17, 15) is 9.18 Å². The number of aromatic nitrogens is 2. The van der Waals surface area contributed by atoms with Gasteiger partial charge in [0.2, 0.25) is 5.13 Å². The van der Waals surface area contributed by atoms with Gasteiger partial charge in [-0.2, -0.15) is 0 Å². The van der Waals surface area contributed by atoms with E-state index in [1.54, 1.807) is 29.2 Å². The summed E-state index contributed by atoms with van der Waals surface area (Å²) in [6.45, 7) is 4.63. The summed E-state index contributed by atoms with van der Waals surface area (Å²) in [6, 6.07) is 15.7. The fourth-order valence-electron chi connectivity index (χ4n) is 2.48. The Morgan fingerprint density at radius 2 is 1.81 bits per heavy atom. The zero-order chi connectivity index (χ0) is 19.2. The standard InChI is InChI=1S/C21H20FN3OS/c1-15(2)14-25(19(26)13-8-16-6-4-3-5-7-16)21-24-23-20(27-21)17-9-11-18(22)12-10-17/h3-13,15H,14H2,1-2H3/b13-8+. The van der Waals surface area contributed by atoms with Gasteiger partial charge in [-0.1, -0.05) is 55.5 Å². The molecule has 3 rings (SSSR count). The third kappa shape index (κ3) is 5.08. The zero-order valence-electron chi connectivity index (χ0n) is 15.2. The summed E-state index contributed by atoms with van der Waals surface area (Å²) in [7, 11) is 0. The van der Waals surface area contributed by atoms with Crippen molar-refractivity contribution in [2.24, 2.45) is 5.92 Å². The lowest BCUT2D eigenvalue weighted by atomic mass is 10.2. The van der Waals surface area contributed by atoms with E-state index >= 15 is 0 Å². The fourth-order valence-corrected chi connectivity index (χ4v) is 3.35. The predicted octanol–water partition coefficient (Wildman–Crippen LogP) is 5.05. The summed E-state index contributed by atoms with van der Waals surface area (Å²) >= 11 is 1.32. The summed E-state index contributed by atoms with van der Waals surface area (Å²) in [5.74, 6) is -0.169. The van der Waals surface area contributed by atoms with Crippen molar-refractivity contribution in [1.82, 2.24) is 10.2 Å². The molecule has 0 fully saturated rings. The van der Waals surface area contributed by atoms with E-state index in [0.29, 0.717) is 16.7 Å². The van der Waals surface area contributed by atoms with E-state index in [2.05, 4.69) is 10.2 Å². The number of benzene rings is 2. The van der Waals surface area contributed by atoms with Crippen molar-refractivity contribution in [2.45, 2.75) is 13.8 Å². The van der Waals surface area contributed by atoms with Gasteiger partial charge in [0, 0.05) is 18.2 Å². The minimum absolute atomic E-state index is 0.144. The van der Waals surface area contributed by atoms with Crippen LogP contribution in [0.15, 0.2) is 60.7 Å². The SMILES string of the molecule is CC(C)CN(C(=O)/C=C/c1ccccc1)c1nnc(-c2ccc(F)cc2)s1. The van der Waals surface area contributed by atoms with Gasteiger partial charge in [-0.15, -0.1) is 10.2 Å². The molecule has 0 atom stereocenters. The number of nitrogens with zero attached hydrogens (tertiary/aromatic N) is 3. The highest BCUT2D eigenvalue weighted by Crippen LogP contribution is 2.29. The zero-order valence-corrected chi connectivity index (χ0v) is 16.0. The molecule has 0 spiro atoms. The van der Waals surface area contributed by atoms with E-state index in [0.717, 1.165) is 11.1 Å². The Balaban J connectivity index is 1.83. The summed E-state index contributed by atoms with van der Waals surface area (Å²) < 4.78 is 13.1. The Bertz CT molecular complexity index is 920. The van der Waals surface area contributed by atoms with Crippen LogP contribution < -0.4 is 4.90 Å². The highest BCUT2D eigenvalue weighted by molar-refractivity contribution is 7.18. The first-order chi connectivity index (χ1) is 13.0. The largest absolute Gasteiger partial charge is 0.283 e. The first-order valence-corrected chi connectivity index (χ1v) is 9.48.